The van der Waals surface area contributed by atoms with Crippen molar-refractivity contribution >= 4 is 22.7 Å². The normalized spacial score (nSPS) is 29.6. The molecule has 5 atom stereocenters. The Balaban J connectivity index is 0.000000191. The van der Waals surface area contributed by atoms with Crippen LogP contribution in [0, 0.1) is 0 Å². The third kappa shape index (κ3) is 3.61. The Kier molecular flexibility index (Phi) is 6.41. The van der Waals surface area contributed by atoms with Gasteiger partial charge in [-0.2, -0.15) is 0 Å². The molecule has 1 saturated heterocycles. The van der Waals surface area contributed by atoms with E-state index in [9.17, 15) is 0 Å². The zero-order valence-corrected chi connectivity index (χ0v) is 21.6. The van der Waals surface area contributed by atoms with E-state index in [1.807, 2.05) is 0 Å². The zero-order valence-electron chi connectivity index (χ0n) is 21.6. The topological polar surface area (TPSA) is 25.0 Å². The molecule has 5 heterocycles. The molecule has 2 aromatic rings. The van der Waals surface area contributed by atoms with Crippen molar-refractivity contribution in [3.63, 3.8) is 0 Å². The summed E-state index contributed by atoms with van der Waals surface area (Å²) in [6, 6.07) is 15.7. The molecule has 0 spiro atoms. The van der Waals surface area contributed by atoms with Crippen LogP contribution in [0.5, 0.6) is 0 Å². The van der Waals surface area contributed by atoms with Crippen molar-refractivity contribution in [2.45, 2.75) is 71.0 Å². The highest BCUT2D eigenvalue weighted by Crippen LogP contribution is 2.51. The summed E-state index contributed by atoms with van der Waals surface area (Å²) >= 11 is 0. The fourth-order valence-corrected chi connectivity index (χ4v) is 7.64. The van der Waals surface area contributed by atoms with Crippen LogP contribution in [0.15, 0.2) is 36.4 Å². The molecule has 0 radical (unpaired) electrons. The highest BCUT2D eigenvalue weighted by Gasteiger charge is 2.45. The van der Waals surface area contributed by atoms with Crippen molar-refractivity contribution in [2.75, 3.05) is 66.4 Å². The Bertz CT molecular complexity index is 1080. The molecule has 0 aromatic heterocycles. The van der Waals surface area contributed by atoms with Gasteiger partial charge < -0.3 is 24.9 Å². The number of rotatable bonds is 1. The summed E-state index contributed by atoms with van der Waals surface area (Å²) in [6.45, 7) is 12.9. The van der Waals surface area contributed by atoms with Crippen LogP contribution in [0.4, 0.5) is 22.7 Å². The van der Waals surface area contributed by atoms with Gasteiger partial charge in [0.1, 0.15) is 0 Å². The van der Waals surface area contributed by atoms with Crippen molar-refractivity contribution < 1.29 is 2.85 Å². The molecule has 1 N–H and O–H groups in total. The van der Waals surface area contributed by atoms with E-state index >= 15 is 0 Å². The van der Waals surface area contributed by atoms with Gasteiger partial charge in [-0.3, -0.25) is 0 Å². The fraction of sp³-hybridized carbons (Fsp3) is 0.600. The number of hydrogen-bond acceptors (Lipinski definition) is 5. The van der Waals surface area contributed by atoms with E-state index < -0.39 is 0 Å². The molecule has 1 fully saturated rings. The van der Waals surface area contributed by atoms with Crippen molar-refractivity contribution in [2.24, 2.45) is 0 Å². The smallest absolute Gasteiger partial charge is 0.0646 e. The van der Waals surface area contributed by atoms with Gasteiger partial charge in [-0.05, 0) is 49.6 Å². The van der Waals surface area contributed by atoms with Crippen LogP contribution < -0.4 is 24.9 Å². The number of piperidine rings is 1. The first kappa shape index (κ1) is 24.3. The average Bonchev–Trinajstić information content (AvgIpc) is 3.34. The minimum absolute atomic E-state index is 0. The maximum absolute atomic E-state index is 3.57. The molecule has 5 nitrogen and oxygen atoms in total. The van der Waals surface area contributed by atoms with Crippen molar-refractivity contribution in [1.29, 1.82) is 0 Å². The van der Waals surface area contributed by atoms with E-state index in [1.165, 1.54) is 48.7 Å². The minimum Gasteiger partial charge on any atom is -0.371 e. The molecule has 7 rings (SSSR count). The molecule has 35 heavy (non-hydrogen) atoms. The Morgan fingerprint density at radius 3 is 2.40 bits per heavy atom. The molecule has 5 aliphatic rings. The van der Waals surface area contributed by atoms with Gasteiger partial charge in [0.25, 0.3) is 0 Å². The highest BCUT2D eigenvalue weighted by atomic mass is 15.3. The molecular weight excluding hydrogens is 430 g/mol. The predicted molar refractivity (Wildman–Crippen MR) is 156 cm³/mol. The van der Waals surface area contributed by atoms with Crippen LogP contribution in [0.3, 0.4) is 0 Å². The van der Waals surface area contributed by atoms with Gasteiger partial charge in [0.2, 0.25) is 0 Å². The quantitative estimate of drug-likeness (QED) is 0.561. The molecule has 5 aliphatic heterocycles. The third-order valence-corrected chi connectivity index (χ3v) is 9.24. The monoisotopic (exact) mass is 479 g/mol. The lowest BCUT2D eigenvalue weighted by atomic mass is 9.90. The van der Waals surface area contributed by atoms with Crippen LogP contribution in [-0.2, 0) is 0 Å². The van der Waals surface area contributed by atoms with Gasteiger partial charge in [-0.1, -0.05) is 45.5 Å². The van der Waals surface area contributed by atoms with Crippen molar-refractivity contribution in [3.8, 4) is 0 Å². The highest BCUT2D eigenvalue weighted by molar-refractivity contribution is 5.82. The number of nitrogens with zero attached hydrogens (tertiary/aromatic N) is 4. The summed E-state index contributed by atoms with van der Waals surface area (Å²) in [5.41, 5.74) is 9.01. The van der Waals surface area contributed by atoms with Crippen molar-refractivity contribution in [3.05, 3.63) is 47.5 Å². The van der Waals surface area contributed by atoms with Gasteiger partial charge in [-0.15, -0.1) is 0 Å². The number of benzene rings is 2. The molecule has 194 valence electrons. The van der Waals surface area contributed by atoms with Gasteiger partial charge in [0.05, 0.1) is 22.7 Å². The lowest BCUT2D eigenvalue weighted by molar-refractivity contribution is 0.384. The summed E-state index contributed by atoms with van der Waals surface area (Å²) in [7, 11) is 4.43. The average molecular weight is 480 g/mol. The van der Waals surface area contributed by atoms with E-state index in [0.29, 0.717) is 23.9 Å². The van der Waals surface area contributed by atoms with E-state index in [2.05, 4.69) is 96.2 Å². The van der Waals surface area contributed by atoms with Gasteiger partial charge in [0.15, 0.2) is 0 Å². The summed E-state index contributed by atoms with van der Waals surface area (Å²) in [5, 5.41) is 3.57. The molecular formula is C30H49N5. The van der Waals surface area contributed by atoms with Crippen molar-refractivity contribution in [1.82, 2.24) is 5.32 Å². The lowest BCUT2D eigenvalue weighted by Gasteiger charge is -2.44. The van der Waals surface area contributed by atoms with Crippen LogP contribution in [0.2, 0.25) is 0 Å². The third-order valence-electron chi connectivity index (χ3n) is 9.24. The molecule has 0 bridgehead atoms. The number of para-hydroxylation sites is 2. The van der Waals surface area contributed by atoms with E-state index in [4.69, 9.17) is 0 Å². The first-order chi connectivity index (χ1) is 16.5. The van der Waals surface area contributed by atoms with Gasteiger partial charge in [-0.25, -0.2) is 0 Å². The molecule has 5 heteroatoms. The number of hydrogen-bond donors (Lipinski definition) is 1. The van der Waals surface area contributed by atoms with Crippen LogP contribution in [-0.4, -0.2) is 64.9 Å². The van der Waals surface area contributed by atoms with Crippen LogP contribution in [0.1, 0.15) is 66.9 Å². The lowest BCUT2D eigenvalue weighted by Crippen LogP contribution is -2.52. The molecule has 3 unspecified atom stereocenters. The summed E-state index contributed by atoms with van der Waals surface area (Å²) in [4.78, 5) is 10.2. The largest absolute Gasteiger partial charge is 0.371 e. The fourth-order valence-electron chi connectivity index (χ4n) is 7.64. The van der Waals surface area contributed by atoms with E-state index in [1.54, 1.807) is 11.1 Å². The molecule has 0 saturated carbocycles. The first-order valence-electron chi connectivity index (χ1n) is 13.4. The Morgan fingerprint density at radius 1 is 0.943 bits per heavy atom. The number of fused-ring (bicyclic) bond motifs is 3. The van der Waals surface area contributed by atoms with E-state index in [0.717, 1.165) is 25.7 Å². The van der Waals surface area contributed by atoms with Crippen LogP contribution in [0.25, 0.3) is 0 Å². The summed E-state index contributed by atoms with van der Waals surface area (Å²) < 4.78 is 0. The number of anilines is 4. The van der Waals surface area contributed by atoms with Gasteiger partial charge in [0, 0.05) is 73.1 Å². The number of nitrogens with one attached hydrogen (secondary N) is 1. The maximum Gasteiger partial charge on any atom is 0.0646 e. The minimum atomic E-state index is 0. The maximum atomic E-state index is 3.57. The molecule has 2 aromatic carbocycles. The molecule has 0 aliphatic carbocycles. The predicted octanol–water partition coefficient (Wildman–Crippen LogP) is 5.76. The van der Waals surface area contributed by atoms with E-state index in [-0.39, 0.29) is 10.3 Å². The second-order valence-electron chi connectivity index (χ2n) is 11.1. The summed E-state index contributed by atoms with van der Waals surface area (Å²) in [5.74, 6) is 1.38. The Morgan fingerprint density at radius 2 is 1.66 bits per heavy atom. The molecule has 0 amide bonds. The second-order valence-corrected chi connectivity index (χ2v) is 11.1. The Labute approximate surface area is 216 Å². The summed E-state index contributed by atoms with van der Waals surface area (Å²) in [6.07, 6.45) is 2.53. The Hall–Kier alpha value is -2.40. The SMILES string of the molecule is C.CC1CN(C)c2cccc3c2N1[C@H]1CCNC[C@@H]31.CCC1C(C)c2cccc3c2N1CCN3C.[HH].[HH]. The standard InChI is InChI=1S/C15H21N3.C14H20N2.CH4.2H2/c1-10-9-17(2)14-5-3-4-11-12-8-16-7-6-13(12)18(10)15(11)14;1-4-12-10(2)11-6-5-7-13-14(11)16(12)9-8-15(13)3;;;/h3-5,10,12-13,16H,6-9H2,1-2H3;5-7,10,12H,4,8-9H2,1-3H3;1H4;2*1H/t10?,12-,13-;;;;/m0..../s1. The second kappa shape index (κ2) is 9.24. The number of likely N-dealkylation sites (N-methyl/N-ethyl adjacent to an activating group) is 2. The first-order valence-corrected chi connectivity index (χ1v) is 13.4. The van der Waals surface area contributed by atoms with Gasteiger partial charge >= 0.3 is 0 Å². The van der Waals surface area contributed by atoms with Crippen LogP contribution >= 0.6 is 0 Å². The zero-order chi connectivity index (χ0) is 23.6.